The van der Waals surface area contributed by atoms with Crippen LogP contribution in [0.1, 0.15) is 61.6 Å². The normalized spacial score (nSPS) is 24.9. The molecule has 2 fully saturated rings. The molecule has 214 valence electrons. The lowest BCUT2D eigenvalue weighted by atomic mass is 10.1. The van der Waals surface area contributed by atoms with E-state index in [1.807, 2.05) is 13.8 Å². The molecule has 0 saturated carbocycles. The number of aromatic nitrogens is 4. The maximum absolute atomic E-state index is 13.0. The Kier molecular flexibility index (Phi) is 7.64. The van der Waals surface area contributed by atoms with Crippen molar-refractivity contribution < 1.29 is 28.2 Å². The van der Waals surface area contributed by atoms with E-state index < -0.39 is 38.1 Å². The van der Waals surface area contributed by atoms with E-state index in [0.29, 0.717) is 17.8 Å². The highest BCUT2D eigenvalue weighted by atomic mass is 28.4. The summed E-state index contributed by atoms with van der Waals surface area (Å²) in [5.74, 6) is 1.96. The Morgan fingerprint density at radius 2 is 1.82 bits per heavy atom. The zero-order valence-electron chi connectivity index (χ0n) is 24.6. The average molecular weight is 560 g/mol. The van der Waals surface area contributed by atoms with Gasteiger partial charge in [0, 0.05) is 0 Å². The lowest BCUT2D eigenvalue weighted by Crippen LogP contribution is -2.44. The van der Waals surface area contributed by atoms with Crippen LogP contribution in [-0.4, -0.2) is 76.8 Å². The minimum Gasteiger partial charge on any atom is -0.443 e. The van der Waals surface area contributed by atoms with E-state index >= 15 is 0 Å². The maximum Gasteiger partial charge on any atom is 0.416 e. The SMILES string of the molecule is C#CCN(C(=O)OC(C)(C)C)c1ncnc2c1ncn2[C@@H]1O[C@H](CO[Si](C)(C)C(C)(C)C)[C@H]2OC(C)(C)O[C@H]21. The van der Waals surface area contributed by atoms with Crippen LogP contribution in [0.2, 0.25) is 18.1 Å². The second-order valence-corrected chi connectivity index (χ2v) is 17.8. The largest absolute Gasteiger partial charge is 0.443 e. The van der Waals surface area contributed by atoms with Crippen molar-refractivity contribution in [2.45, 2.75) is 109 Å². The van der Waals surface area contributed by atoms with Gasteiger partial charge in [-0.2, -0.15) is 0 Å². The molecule has 4 rings (SSSR count). The third-order valence-electron chi connectivity index (χ3n) is 7.27. The number of rotatable bonds is 6. The number of ether oxygens (including phenoxy) is 4. The van der Waals surface area contributed by atoms with E-state index in [-0.39, 0.29) is 29.6 Å². The molecule has 11 nitrogen and oxygen atoms in total. The summed E-state index contributed by atoms with van der Waals surface area (Å²) in [6.45, 7) is 20.5. The number of hydrogen-bond donors (Lipinski definition) is 0. The number of carbonyl (C=O) groups is 1. The minimum absolute atomic E-state index is 0.0451. The van der Waals surface area contributed by atoms with Gasteiger partial charge >= 0.3 is 6.09 Å². The first kappa shape index (κ1) is 29.4. The lowest BCUT2D eigenvalue weighted by Gasteiger charge is -2.37. The summed E-state index contributed by atoms with van der Waals surface area (Å²) in [5, 5.41) is 0.0585. The highest BCUT2D eigenvalue weighted by Gasteiger charge is 2.56. The summed E-state index contributed by atoms with van der Waals surface area (Å²) in [5.41, 5.74) is 0.141. The van der Waals surface area contributed by atoms with E-state index in [1.165, 1.54) is 11.2 Å². The third-order valence-corrected chi connectivity index (χ3v) is 11.8. The molecule has 2 aromatic heterocycles. The van der Waals surface area contributed by atoms with Crippen LogP contribution in [0.4, 0.5) is 10.6 Å². The van der Waals surface area contributed by atoms with Gasteiger partial charge in [0.05, 0.1) is 19.5 Å². The summed E-state index contributed by atoms with van der Waals surface area (Å²) in [6.07, 6.45) is 6.23. The topological polar surface area (TPSA) is 110 Å². The second-order valence-electron chi connectivity index (χ2n) is 13.0. The zero-order chi connectivity index (χ0) is 29.0. The fourth-order valence-corrected chi connectivity index (χ4v) is 5.40. The van der Waals surface area contributed by atoms with Crippen LogP contribution in [0.25, 0.3) is 11.2 Å². The van der Waals surface area contributed by atoms with Crippen molar-refractivity contribution in [3.63, 3.8) is 0 Å². The molecule has 2 aliphatic rings. The van der Waals surface area contributed by atoms with E-state index in [0.717, 1.165) is 0 Å². The van der Waals surface area contributed by atoms with Gasteiger partial charge in [0.1, 0.15) is 30.2 Å². The summed E-state index contributed by atoms with van der Waals surface area (Å²) < 4.78 is 32.9. The third kappa shape index (κ3) is 5.97. The number of amides is 1. The Labute approximate surface area is 231 Å². The average Bonchev–Trinajstić information content (AvgIpc) is 3.44. The second kappa shape index (κ2) is 10.1. The molecule has 4 heterocycles. The molecule has 2 aromatic rings. The first-order chi connectivity index (χ1) is 17.9. The van der Waals surface area contributed by atoms with Crippen molar-refractivity contribution in [3.8, 4) is 12.3 Å². The van der Waals surface area contributed by atoms with Crippen LogP contribution in [-0.2, 0) is 23.4 Å². The van der Waals surface area contributed by atoms with Crippen LogP contribution >= 0.6 is 0 Å². The summed E-state index contributed by atoms with van der Waals surface area (Å²) in [4.78, 5) is 27.6. The van der Waals surface area contributed by atoms with Gasteiger partial charge in [0.2, 0.25) is 0 Å². The molecule has 2 saturated heterocycles. The van der Waals surface area contributed by atoms with Gasteiger partial charge in [-0.15, -0.1) is 6.42 Å². The number of hydrogen-bond acceptors (Lipinski definition) is 9. The predicted octanol–water partition coefficient (Wildman–Crippen LogP) is 4.64. The molecule has 0 N–H and O–H groups in total. The van der Waals surface area contributed by atoms with Crippen molar-refractivity contribution in [2.75, 3.05) is 18.1 Å². The Morgan fingerprint density at radius 3 is 2.44 bits per heavy atom. The fourth-order valence-electron chi connectivity index (χ4n) is 4.38. The molecule has 0 unspecified atom stereocenters. The van der Waals surface area contributed by atoms with E-state index in [2.05, 4.69) is 54.7 Å². The fraction of sp³-hybridized carbons (Fsp3) is 0.704. The van der Waals surface area contributed by atoms with Crippen molar-refractivity contribution >= 4 is 31.4 Å². The number of fused-ring (bicyclic) bond motifs is 2. The Morgan fingerprint density at radius 1 is 1.15 bits per heavy atom. The Balaban J connectivity index is 1.67. The van der Waals surface area contributed by atoms with E-state index in [1.54, 1.807) is 31.7 Å². The van der Waals surface area contributed by atoms with Gasteiger partial charge in [-0.25, -0.2) is 24.6 Å². The van der Waals surface area contributed by atoms with Crippen LogP contribution in [0.3, 0.4) is 0 Å². The van der Waals surface area contributed by atoms with E-state index in [9.17, 15) is 4.79 Å². The number of nitrogens with zero attached hydrogens (tertiary/aromatic N) is 5. The summed E-state index contributed by atoms with van der Waals surface area (Å²) in [6, 6.07) is 0. The van der Waals surface area contributed by atoms with Crippen molar-refractivity contribution in [1.82, 2.24) is 19.5 Å². The van der Waals surface area contributed by atoms with Crippen molar-refractivity contribution in [3.05, 3.63) is 12.7 Å². The smallest absolute Gasteiger partial charge is 0.416 e. The molecule has 0 aliphatic carbocycles. The standard InChI is InChI=1S/C27H41N5O6Si/c1-12-13-31(24(33)38-25(2,3)4)21-18-22(29-15-28-21)32(16-30-18)23-20-19(36-27(8,9)37-20)17(35-23)14-34-39(10,11)26(5,6)7/h1,15-17,19-20,23H,13-14H2,2-11H3/t17-,19-,20-,23-/m1/s1. The van der Waals surface area contributed by atoms with Gasteiger partial charge in [-0.3, -0.25) is 4.57 Å². The van der Waals surface area contributed by atoms with Gasteiger partial charge < -0.3 is 23.4 Å². The van der Waals surface area contributed by atoms with Crippen LogP contribution in [0.5, 0.6) is 0 Å². The monoisotopic (exact) mass is 559 g/mol. The predicted molar refractivity (Wildman–Crippen MR) is 149 cm³/mol. The molecule has 0 bridgehead atoms. The Bertz CT molecular complexity index is 1260. The van der Waals surface area contributed by atoms with Crippen molar-refractivity contribution in [1.29, 1.82) is 0 Å². The molecular weight excluding hydrogens is 518 g/mol. The van der Waals surface area contributed by atoms with Crippen LogP contribution in [0, 0.1) is 12.3 Å². The first-order valence-corrected chi connectivity index (χ1v) is 16.1. The molecule has 12 heteroatoms. The van der Waals surface area contributed by atoms with Crippen LogP contribution < -0.4 is 4.90 Å². The van der Waals surface area contributed by atoms with Gasteiger partial charge in [-0.1, -0.05) is 26.7 Å². The minimum atomic E-state index is -2.02. The maximum atomic E-state index is 13.0. The number of carbonyl (C=O) groups excluding carboxylic acids is 1. The van der Waals surface area contributed by atoms with E-state index in [4.69, 9.17) is 29.8 Å². The van der Waals surface area contributed by atoms with Gasteiger partial charge in [0.15, 0.2) is 37.3 Å². The Hall–Kier alpha value is -2.56. The first-order valence-electron chi connectivity index (χ1n) is 13.2. The van der Waals surface area contributed by atoms with Crippen LogP contribution in [0.15, 0.2) is 12.7 Å². The molecule has 39 heavy (non-hydrogen) atoms. The molecule has 2 aliphatic heterocycles. The number of imidazole rings is 1. The highest BCUT2D eigenvalue weighted by Crippen LogP contribution is 2.45. The molecule has 0 radical (unpaired) electrons. The highest BCUT2D eigenvalue weighted by molar-refractivity contribution is 6.74. The molecule has 1 amide bonds. The zero-order valence-corrected chi connectivity index (χ0v) is 25.6. The number of terminal acetylenes is 1. The van der Waals surface area contributed by atoms with Gasteiger partial charge in [0.25, 0.3) is 0 Å². The molecule has 0 aromatic carbocycles. The molecular formula is C27H41N5O6Si. The molecule has 4 atom stereocenters. The summed E-state index contributed by atoms with van der Waals surface area (Å²) >= 11 is 0. The van der Waals surface area contributed by atoms with Gasteiger partial charge in [-0.05, 0) is 52.8 Å². The van der Waals surface area contributed by atoms with Crippen molar-refractivity contribution in [2.24, 2.45) is 0 Å². The summed E-state index contributed by atoms with van der Waals surface area (Å²) in [7, 11) is -2.02. The quantitative estimate of drug-likeness (QED) is 0.369. The molecule has 0 spiro atoms. The lowest BCUT2D eigenvalue weighted by molar-refractivity contribution is -0.199. The number of anilines is 1.